The van der Waals surface area contributed by atoms with Crippen LogP contribution in [-0.2, 0) is 0 Å². The summed E-state index contributed by atoms with van der Waals surface area (Å²) in [6.07, 6.45) is 8.62. The van der Waals surface area contributed by atoms with Gasteiger partial charge in [0.2, 0.25) is 0 Å². The number of aliphatic hydroxyl groups is 1. The molecule has 3 heteroatoms. The average molecular weight is 231 g/mol. The van der Waals surface area contributed by atoms with Gasteiger partial charge in [-0.15, -0.1) is 0 Å². The highest BCUT2D eigenvalue weighted by atomic mass is 32.2. The van der Waals surface area contributed by atoms with Crippen molar-refractivity contribution in [3.63, 3.8) is 0 Å². The van der Waals surface area contributed by atoms with Crippen LogP contribution < -0.4 is 5.32 Å². The summed E-state index contributed by atoms with van der Waals surface area (Å²) in [5.41, 5.74) is 0. The summed E-state index contributed by atoms with van der Waals surface area (Å²) in [5, 5.41) is 12.7. The Morgan fingerprint density at radius 3 is 2.80 bits per heavy atom. The lowest BCUT2D eigenvalue weighted by atomic mass is 9.97. The van der Waals surface area contributed by atoms with Crippen LogP contribution >= 0.6 is 11.8 Å². The molecule has 2 atom stereocenters. The zero-order valence-electron chi connectivity index (χ0n) is 9.87. The molecule has 1 rings (SSSR count). The van der Waals surface area contributed by atoms with Crippen LogP contribution in [-0.4, -0.2) is 36.8 Å². The third-order valence-electron chi connectivity index (χ3n) is 3.41. The Hall–Kier alpha value is 0.270. The molecule has 0 aromatic rings. The van der Waals surface area contributed by atoms with Gasteiger partial charge in [0.15, 0.2) is 0 Å². The summed E-state index contributed by atoms with van der Waals surface area (Å²) >= 11 is 1.93. The lowest BCUT2D eigenvalue weighted by molar-refractivity contribution is 0.192. The van der Waals surface area contributed by atoms with Crippen molar-refractivity contribution in [1.82, 2.24) is 5.32 Å². The standard InChI is InChI=1S/C12H25NOS/c1-15-8-3-2-7-13-9-11-5-4-6-12(11)10-14/h11-14H,2-10H2,1H3. The van der Waals surface area contributed by atoms with Gasteiger partial charge < -0.3 is 10.4 Å². The zero-order valence-corrected chi connectivity index (χ0v) is 10.7. The molecule has 0 spiro atoms. The first kappa shape index (κ1) is 13.3. The van der Waals surface area contributed by atoms with E-state index in [0.717, 1.165) is 19.0 Å². The summed E-state index contributed by atoms with van der Waals surface area (Å²) in [5.74, 6) is 2.59. The Labute approximate surface area is 98.2 Å². The van der Waals surface area contributed by atoms with Gasteiger partial charge in [-0.05, 0) is 62.6 Å². The van der Waals surface area contributed by atoms with Gasteiger partial charge in [0.1, 0.15) is 0 Å². The zero-order chi connectivity index (χ0) is 10.9. The summed E-state index contributed by atoms with van der Waals surface area (Å²) in [6, 6.07) is 0. The topological polar surface area (TPSA) is 32.3 Å². The Morgan fingerprint density at radius 2 is 2.07 bits per heavy atom. The molecule has 1 aliphatic carbocycles. The minimum Gasteiger partial charge on any atom is -0.396 e. The summed E-state index contributed by atoms with van der Waals surface area (Å²) in [7, 11) is 0. The molecular formula is C12H25NOS. The van der Waals surface area contributed by atoms with Crippen LogP contribution in [0.15, 0.2) is 0 Å². The second-order valence-electron chi connectivity index (χ2n) is 4.54. The van der Waals surface area contributed by atoms with E-state index in [1.165, 1.54) is 37.9 Å². The number of aliphatic hydroxyl groups excluding tert-OH is 1. The largest absolute Gasteiger partial charge is 0.396 e. The minimum atomic E-state index is 0.388. The maximum absolute atomic E-state index is 9.18. The van der Waals surface area contributed by atoms with E-state index >= 15 is 0 Å². The van der Waals surface area contributed by atoms with E-state index in [9.17, 15) is 5.11 Å². The Morgan fingerprint density at radius 1 is 1.27 bits per heavy atom. The number of nitrogens with one attached hydrogen (secondary N) is 1. The van der Waals surface area contributed by atoms with Gasteiger partial charge in [-0.1, -0.05) is 6.42 Å². The highest BCUT2D eigenvalue weighted by Gasteiger charge is 2.25. The van der Waals surface area contributed by atoms with Crippen molar-refractivity contribution in [2.24, 2.45) is 11.8 Å². The highest BCUT2D eigenvalue weighted by Crippen LogP contribution is 2.30. The highest BCUT2D eigenvalue weighted by molar-refractivity contribution is 7.98. The first-order chi connectivity index (χ1) is 7.38. The predicted molar refractivity (Wildman–Crippen MR) is 68.4 cm³/mol. The van der Waals surface area contributed by atoms with Gasteiger partial charge >= 0.3 is 0 Å². The molecule has 0 saturated heterocycles. The van der Waals surface area contributed by atoms with Crippen LogP contribution in [0.25, 0.3) is 0 Å². The van der Waals surface area contributed by atoms with Crippen molar-refractivity contribution in [3.8, 4) is 0 Å². The fourth-order valence-corrected chi connectivity index (χ4v) is 2.90. The Balaban J connectivity index is 1.95. The van der Waals surface area contributed by atoms with Crippen LogP contribution in [0.2, 0.25) is 0 Å². The van der Waals surface area contributed by atoms with Crippen LogP contribution in [0.4, 0.5) is 0 Å². The van der Waals surface area contributed by atoms with Gasteiger partial charge in [-0.3, -0.25) is 0 Å². The summed E-state index contributed by atoms with van der Waals surface area (Å²) < 4.78 is 0. The van der Waals surface area contributed by atoms with Crippen molar-refractivity contribution in [3.05, 3.63) is 0 Å². The molecule has 2 unspecified atom stereocenters. The van der Waals surface area contributed by atoms with Crippen molar-refractivity contribution >= 4 is 11.8 Å². The maximum Gasteiger partial charge on any atom is 0.0462 e. The van der Waals surface area contributed by atoms with Crippen molar-refractivity contribution in [2.45, 2.75) is 32.1 Å². The van der Waals surface area contributed by atoms with Crippen molar-refractivity contribution < 1.29 is 5.11 Å². The van der Waals surface area contributed by atoms with Crippen LogP contribution in [0.5, 0.6) is 0 Å². The number of hydrogen-bond donors (Lipinski definition) is 2. The molecular weight excluding hydrogens is 206 g/mol. The third kappa shape index (κ3) is 5.23. The lowest BCUT2D eigenvalue weighted by Gasteiger charge is -2.17. The minimum absolute atomic E-state index is 0.388. The van der Waals surface area contributed by atoms with Gasteiger partial charge in [-0.25, -0.2) is 0 Å². The van der Waals surface area contributed by atoms with Crippen LogP contribution in [0.3, 0.4) is 0 Å². The molecule has 0 amide bonds. The molecule has 0 heterocycles. The Kier molecular flexibility index (Phi) is 7.49. The molecule has 2 N–H and O–H groups in total. The second-order valence-corrected chi connectivity index (χ2v) is 5.52. The van der Waals surface area contributed by atoms with E-state index in [-0.39, 0.29) is 0 Å². The summed E-state index contributed by atoms with van der Waals surface area (Å²) in [6.45, 7) is 2.65. The molecule has 90 valence electrons. The van der Waals surface area contributed by atoms with E-state index < -0.39 is 0 Å². The number of rotatable bonds is 8. The fourth-order valence-electron chi connectivity index (χ4n) is 2.41. The third-order valence-corrected chi connectivity index (χ3v) is 4.11. The van der Waals surface area contributed by atoms with E-state index in [4.69, 9.17) is 0 Å². The molecule has 2 nitrogen and oxygen atoms in total. The van der Waals surface area contributed by atoms with Gasteiger partial charge in [0.25, 0.3) is 0 Å². The first-order valence-corrected chi connectivity index (χ1v) is 7.58. The molecule has 0 bridgehead atoms. The first-order valence-electron chi connectivity index (χ1n) is 6.19. The molecule has 1 aliphatic rings. The SMILES string of the molecule is CSCCCCNCC1CCCC1CO. The van der Waals surface area contributed by atoms with Crippen molar-refractivity contribution in [2.75, 3.05) is 31.7 Å². The molecule has 0 aromatic carbocycles. The predicted octanol–water partition coefficient (Wildman–Crippen LogP) is 2.13. The molecule has 0 radical (unpaired) electrons. The van der Waals surface area contributed by atoms with E-state index in [1.807, 2.05) is 11.8 Å². The van der Waals surface area contributed by atoms with E-state index in [2.05, 4.69) is 11.6 Å². The van der Waals surface area contributed by atoms with Gasteiger partial charge in [-0.2, -0.15) is 11.8 Å². The normalized spacial score (nSPS) is 26.0. The summed E-state index contributed by atoms with van der Waals surface area (Å²) in [4.78, 5) is 0. The van der Waals surface area contributed by atoms with Crippen LogP contribution in [0, 0.1) is 11.8 Å². The van der Waals surface area contributed by atoms with E-state index in [0.29, 0.717) is 12.5 Å². The quantitative estimate of drug-likeness (QED) is 0.628. The Bertz CT molecular complexity index is 155. The molecule has 1 fully saturated rings. The van der Waals surface area contributed by atoms with Gasteiger partial charge in [0.05, 0.1) is 0 Å². The number of hydrogen-bond acceptors (Lipinski definition) is 3. The average Bonchev–Trinajstić information content (AvgIpc) is 2.70. The fraction of sp³-hybridized carbons (Fsp3) is 1.00. The lowest BCUT2D eigenvalue weighted by Crippen LogP contribution is -2.27. The molecule has 0 aliphatic heterocycles. The van der Waals surface area contributed by atoms with Crippen molar-refractivity contribution in [1.29, 1.82) is 0 Å². The smallest absolute Gasteiger partial charge is 0.0462 e. The maximum atomic E-state index is 9.18. The second kappa shape index (κ2) is 8.43. The monoisotopic (exact) mass is 231 g/mol. The molecule has 1 saturated carbocycles. The molecule has 0 aromatic heterocycles. The van der Waals surface area contributed by atoms with Gasteiger partial charge in [0, 0.05) is 6.61 Å². The van der Waals surface area contributed by atoms with E-state index in [1.54, 1.807) is 0 Å². The number of thioether (sulfide) groups is 1. The van der Waals surface area contributed by atoms with Crippen LogP contribution in [0.1, 0.15) is 32.1 Å². The molecule has 15 heavy (non-hydrogen) atoms. The number of unbranched alkanes of at least 4 members (excludes halogenated alkanes) is 1.